The van der Waals surface area contributed by atoms with Gasteiger partial charge in [-0.1, -0.05) is 6.92 Å². The van der Waals surface area contributed by atoms with Crippen LogP contribution in [0.5, 0.6) is 0 Å². The van der Waals surface area contributed by atoms with Crippen molar-refractivity contribution in [2.75, 3.05) is 6.54 Å². The van der Waals surface area contributed by atoms with Crippen LogP contribution in [0.3, 0.4) is 0 Å². The summed E-state index contributed by atoms with van der Waals surface area (Å²) in [6.45, 7) is 6.06. The Morgan fingerprint density at radius 3 is 2.84 bits per heavy atom. The van der Waals surface area contributed by atoms with Crippen molar-refractivity contribution in [3.8, 4) is 0 Å². The van der Waals surface area contributed by atoms with E-state index in [0.717, 1.165) is 31.7 Å². The fourth-order valence-electron chi connectivity index (χ4n) is 2.03. The number of nitrogens with zero attached hydrogens (tertiary/aromatic N) is 2. The van der Waals surface area contributed by atoms with Gasteiger partial charge in [0.05, 0.1) is 12.2 Å². The van der Waals surface area contributed by atoms with Gasteiger partial charge in [-0.25, -0.2) is 0 Å². The van der Waals surface area contributed by atoms with Crippen molar-refractivity contribution in [2.24, 2.45) is 0 Å². The van der Waals surface area contributed by atoms with Gasteiger partial charge in [-0.3, -0.25) is 4.68 Å². The van der Waals surface area contributed by atoms with Crippen molar-refractivity contribution in [3.05, 3.63) is 41.1 Å². The first-order valence-electron chi connectivity index (χ1n) is 6.72. The van der Waals surface area contributed by atoms with Crippen LogP contribution in [0.1, 0.15) is 37.6 Å². The summed E-state index contributed by atoms with van der Waals surface area (Å²) in [6.07, 6.45) is 5.92. The largest absolute Gasteiger partial charge is 0.448 e. The summed E-state index contributed by atoms with van der Waals surface area (Å²) in [4.78, 5) is 0. The molecule has 0 bridgehead atoms. The van der Waals surface area contributed by atoms with Crippen molar-refractivity contribution in [2.45, 2.75) is 39.3 Å². The topological polar surface area (TPSA) is 43.0 Å². The number of halogens is 1. The van der Waals surface area contributed by atoms with E-state index >= 15 is 0 Å². The van der Waals surface area contributed by atoms with Gasteiger partial charge in [0, 0.05) is 12.7 Å². The Morgan fingerprint density at radius 1 is 1.42 bits per heavy atom. The highest BCUT2D eigenvalue weighted by Crippen LogP contribution is 2.23. The lowest BCUT2D eigenvalue weighted by Gasteiger charge is -2.15. The zero-order chi connectivity index (χ0) is 13.7. The van der Waals surface area contributed by atoms with Crippen LogP contribution in [0.4, 0.5) is 0 Å². The summed E-state index contributed by atoms with van der Waals surface area (Å²) < 4.78 is 7.46. The minimum absolute atomic E-state index is 0.141. The number of aromatic nitrogens is 2. The van der Waals surface area contributed by atoms with Crippen molar-refractivity contribution in [1.82, 2.24) is 15.1 Å². The molecule has 2 aromatic heterocycles. The third-order valence-corrected chi connectivity index (χ3v) is 3.23. The van der Waals surface area contributed by atoms with E-state index in [-0.39, 0.29) is 6.04 Å². The number of furan rings is 1. The first kappa shape index (κ1) is 14.2. The molecule has 0 aliphatic rings. The standard InChI is InChI=1S/C14H20ClN3O/c1-3-7-16-12(13-5-6-14(15)19-13)8-11-9-17-18(4-2)10-11/h5-6,9-10,12,16H,3-4,7-8H2,1-2H3. The second-order valence-corrected chi connectivity index (χ2v) is 4.93. The number of nitrogens with one attached hydrogen (secondary N) is 1. The predicted octanol–water partition coefficient (Wildman–Crippen LogP) is 3.43. The Balaban J connectivity index is 2.09. The minimum atomic E-state index is 0.141. The Morgan fingerprint density at radius 2 is 2.26 bits per heavy atom. The summed E-state index contributed by atoms with van der Waals surface area (Å²) >= 11 is 5.86. The molecule has 0 aliphatic heterocycles. The number of rotatable bonds is 7. The van der Waals surface area contributed by atoms with E-state index in [9.17, 15) is 0 Å². The summed E-state index contributed by atoms with van der Waals surface area (Å²) in [5, 5.41) is 8.22. The summed E-state index contributed by atoms with van der Waals surface area (Å²) in [5.41, 5.74) is 1.20. The summed E-state index contributed by atoms with van der Waals surface area (Å²) in [5.74, 6) is 0.877. The molecule has 2 rings (SSSR count). The van der Waals surface area contributed by atoms with Crippen LogP contribution >= 0.6 is 11.6 Å². The molecule has 2 aromatic rings. The molecule has 1 atom stereocenters. The van der Waals surface area contributed by atoms with Crippen LogP contribution in [0, 0.1) is 0 Å². The van der Waals surface area contributed by atoms with E-state index in [1.807, 2.05) is 16.9 Å². The third kappa shape index (κ3) is 3.85. The van der Waals surface area contributed by atoms with Gasteiger partial charge in [0.15, 0.2) is 5.22 Å². The van der Waals surface area contributed by atoms with Crippen molar-refractivity contribution < 1.29 is 4.42 Å². The fourth-order valence-corrected chi connectivity index (χ4v) is 2.18. The average Bonchev–Trinajstić information content (AvgIpc) is 3.03. The first-order chi connectivity index (χ1) is 9.22. The van der Waals surface area contributed by atoms with Gasteiger partial charge in [0.25, 0.3) is 0 Å². The van der Waals surface area contributed by atoms with Gasteiger partial charge < -0.3 is 9.73 Å². The van der Waals surface area contributed by atoms with Crippen molar-refractivity contribution in [1.29, 1.82) is 0 Å². The van der Waals surface area contributed by atoms with Crippen molar-refractivity contribution in [3.63, 3.8) is 0 Å². The van der Waals surface area contributed by atoms with Gasteiger partial charge in [0.2, 0.25) is 0 Å². The molecule has 0 fully saturated rings. The van der Waals surface area contributed by atoms with Crippen molar-refractivity contribution >= 4 is 11.6 Å². The van der Waals surface area contributed by atoms with Crippen LogP contribution in [0.2, 0.25) is 5.22 Å². The fraction of sp³-hybridized carbons (Fsp3) is 0.500. The van der Waals surface area contributed by atoms with Gasteiger partial charge in [-0.15, -0.1) is 0 Å². The van der Waals surface area contributed by atoms with Crippen LogP contribution in [0.15, 0.2) is 28.9 Å². The second-order valence-electron chi connectivity index (χ2n) is 4.56. The smallest absolute Gasteiger partial charge is 0.193 e. The second kappa shape index (κ2) is 6.78. The molecule has 0 spiro atoms. The number of hydrogen-bond acceptors (Lipinski definition) is 3. The van der Waals surface area contributed by atoms with Crippen LogP contribution < -0.4 is 5.32 Å². The molecule has 104 valence electrons. The monoisotopic (exact) mass is 281 g/mol. The van der Waals surface area contributed by atoms with Gasteiger partial charge in [-0.05, 0) is 55.6 Å². The SMILES string of the molecule is CCCNC(Cc1cnn(CC)c1)c1ccc(Cl)o1. The molecule has 2 heterocycles. The molecule has 1 unspecified atom stereocenters. The molecule has 0 aliphatic carbocycles. The highest BCUT2D eigenvalue weighted by molar-refractivity contribution is 6.28. The molecule has 5 heteroatoms. The highest BCUT2D eigenvalue weighted by Gasteiger charge is 2.16. The molecule has 0 radical (unpaired) electrons. The molecule has 0 aromatic carbocycles. The van der Waals surface area contributed by atoms with Gasteiger partial charge >= 0.3 is 0 Å². The lowest BCUT2D eigenvalue weighted by molar-refractivity contribution is 0.411. The molecule has 1 N–H and O–H groups in total. The maximum atomic E-state index is 5.86. The highest BCUT2D eigenvalue weighted by atomic mass is 35.5. The molecule has 4 nitrogen and oxygen atoms in total. The number of aryl methyl sites for hydroxylation is 1. The molecule has 0 saturated heterocycles. The summed E-state index contributed by atoms with van der Waals surface area (Å²) in [6, 6.07) is 3.86. The van der Waals surface area contributed by atoms with Crippen LogP contribution in [-0.4, -0.2) is 16.3 Å². The molecule has 0 amide bonds. The Hall–Kier alpha value is -1.26. The molecular weight excluding hydrogens is 262 g/mol. The summed E-state index contributed by atoms with van der Waals surface area (Å²) in [7, 11) is 0. The molecule has 0 saturated carbocycles. The normalized spacial score (nSPS) is 12.8. The molecule has 19 heavy (non-hydrogen) atoms. The average molecular weight is 282 g/mol. The van der Waals surface area contributed by atoms with Gasteiger partial charge in [0.1, 0.15) is 5.76 Å². The number of hydrogen-bond donors (Lipinski definition) is 1. The Bertz CT molecular complexity index is 506. The zero-order valence-corrected chi connectivity index (χ0v) is 12.2. The Kier molecular flexibility index (Phi) is 5.05. The zero-order valence-electron chi connectivity index (χ0n) is 11.4. The van der Waals surface area contributed by atoms with Crippen LogP contribution in [0.25, 0.3) is 0 Å². The maximum Gasteiger partial charge on any atom is 0.193 e. The quantitative estimate of drug-likeness (QED) is 0.845. The minimum Gasteiger partial charge on any atom is -0.448 e. The van der Waals surface area contributed by atoms with E-state index in [1.54, 1.807) is 6.07 Å². The lowest BCUT2D eigenvalue weighted by Crippen LogP contribution is -2.23. The van der Waals surface area contributed by atoms with E-state index in [4.69, 9.17) is 16.0 Å². The van der Waals surface area contributed by atoms with E-state index < -0.39 is 0 Å². The Labute approximate surface area is 118 Å². The predicted molar refractivity (Wildman–Crippen MR) is 76.4 cm³/mol. The lowest BCUT2D eigenvalue weighted by atomic mass is 10.1. The third-order valence-electron chi connectivity index (χ3n) is 3.03. The first-order valence-corrected chi connectivity index (χ1v) is 7.10. The van der Waals surface area contributed by atoms with Crippen LogP contribution in [-0.2, 0) is 13.0 Å². The van der Waals surface area contributed by atoms with E-state index in [1.165, 1.54) is 5.56 Å². The maximum absolute atomic E-state index is 5.86. The van der Waals surface area contributed by atoms with Gasteiger partial charge in [-0.2, -0.15) is 5.10 Å². The van der Waals surface area contributed by atoms with E-state index in [2.05, 4.69) is 30.5 Å². The molecular formula is C14H20ClN3O. The van der Waals surface area contributed by atoms with E-state index in [0.29, 0.717) is 5.22 Å².